The zero-order valence-electron chi connectivity index (χ0n) is 10.4. The third kappa shape index (κ3) is 2.32. The maximum atomic E-state index is 9.32. The molecule has 0 radical (unpaired) electrons. The smallest absolute Gasteiger partial charge is 0.258 e. The number of hydrogen-bond acceptors (Lipinski definition) is 8. The first kappa shape index (κ1) is 11.8. The minimum Gasteiger partial charge on any atom is -0.394 e. The quantitative estimate of drug-likeness (QED) is 0.656. The molecule has 0 aromatic carbocycles. The minimum absolute atomic E-state index is 0.0617. The SMILES string of the molecule is CNc1nc(NC2(CO)CC2)nc(-n2cncn2)n1. The van der Waals surface area contributed by atoms with Crippen LogP contribution in [0.3, 0.4) is 0 Å². The van der Waals surface area contributed by atoms with Crippen LogP contribution in [0, 0.1) is 0 Å². The molecule has 100 valence electrons. The summed E-state index contributed by atoms with van der Waals surface area (Å²) in [7, 11) is 1.73. The second-order valence-corrected chi connectivity index (χ2v) is 4.44. The summed E-state index contributed by atoms with van der Waals surface area (Å²) in [6, 6.07) is 0. The first-order valence-electron chi connectivity index (χ1n) is 5.92. The van der Waals surface area contributed by atoms with Gasteiger partial charge >= 0.3 is 0 Å². The second-order valence-electron chi connectivity index (χ2n) is 4.44. The van der Waals surface area contributed by atoms with E-state index in [0.29, 0.717) is 17.8 Å². The van der Waals surface area contributed by atoms with Crippen molar-refractivity contribution in [3.05, 3.63) is 12.7 Å². The third-order valence-electron chi connectivity index (χ3n) is 3.00. The Labute approximate surface area is 109 Å². The molecule has 1 fully saturated rings. The Morgan fingerprint density at radius 3 is 2.68 bits per heavy atom. The summed E-state index contributed by atoms with van der Waals surface area (Å²) in [5, 5.41) is 19.3. The Morgan fingerprint density at radius 1 is 1.32 bits per heavy atom. The number of anilines is 2. The van der Waals surface area contributed by atoms with Gasteiger partial charge in [-0.25, -0.2) is 4.98 Å². The highest BCUT2D eigenvalue weighted by Gasteiger charge is 2.42. The fraction of sp³-hybridized carbons (Fsp3) is 0.500. The number of nitrogens with zero attached hydrogens (tertiary/aromatic N) is 6. The fourth-order valence-corrected chi connectivity index (χ4v) is 1.66. The standard InChI is InChI=1S/C10H14N8O/c1-11-7-14-8(17-10(4-19)2-3-10)16-9(15-7)18-6-12-5-13-18/h5-6,19H,2-4H2,1H3,(H2,11,14,15,16,17). The number of aliphatic hydroxyl groups is 1. The Morgan fingerprint density at radius 2 is 2.11 bits per heavy atom. The number of nitrogens with one attached hydrogen (secondary N) is 2. The van der Waals surface area contributed by atoms with Crippen LogP contribution in [0.4, 0.5) is 11.9 Å². The Hall–Kier alpha value is -2.29. The first-order valence-corrected chi connectivity index (χ1v) is 5.92. The average molecular weight is 262 g/mol. The second kappa shape index (κ2) is 4.43. The predicted octanol–water partition coefficient (Wildman–Crippen LogP) is -0.569. The van der Waals surface area contributed by atoms with E-state index in [-0.39, 0.29) is 12.1 Å². The molecule has 0 amide bonds. The highest BCUT2D eigenvalue weighted by atomic mass is 16.3. The zero-order chi connectivity index (χ0) is 13.3. The third-order valence-corrected chi connectivity index (χ3v) is 3.00. The highest BCUT2D eigenvalue weighted by Crippen LogP contribution is 2.37. The van der Waals surface area contributed by atoms with Gasteiger partial charge in [0.15, 0.2) is 0 Å². The number of hydrogen-bond donors (Lipinski definition) is 3. The van der Waals surface area contributed by atoms with Crippen LogP contribution >= 0.6 is 0 Å². The van der Waals surface area contributed by atoms with E-state index in [1.54, 1.807) is 7.05 Å². The predicted molar refractivity (Wildman–Crippen MR) is 67.0 cm³/mol. The molecule has 3 rings (SSSR count). The van der Waals surface area contributed by atoms with E-state index in [4.69, 9.17) is 0 Å². The molecule has 0 bridgehead atoms. The van der Waals surface area contributed by atoms with Crippen molar-refractivity contribution in [1.29, 1.82) is 0 Å². The van der Waals surface area contributed by atoms with E-state index in [9.17, 15) is 5.11 Å². The number of aliphatic hydroxyl groups excluding tert-OH is 1. The van der Waals surface area contributed by atoms with Crippen LogP contribution in [0.5, 0.6) is 0 Å². The van der Waals surface area contributed by atoms with Crippen molar-refractivity contribution in [2.45, 2.75) is 18.4 Å². The Balaban J connectivity index is 1.93. The molecule has 0 atom stereocenters. The van der Waals surface area contributed by atoms with Crippen molar-refractivity contribution in [3.63, 3.8) is 0 Å². The van der Waals surface area contributed by atoms with Crippen LogP contribution in [0.2, 0.25) is 0 Å². The first-order chi connectivity index (χ1) is 9.24. The van der Waals surface area contributed by atoms with Crippen LogP contribution in [-0.2, 0) is 0 Å². The van der Waals surface area contributed by atoms with Gasteiger partial charge in [-0.3, -0.25) is 0 Å². The van der Waals surface area contributed by atoms with Crippen LogP contribution in [0.15, 0.2) is 12.7 Å². The molecular weight excluding hydrogens is 248 g/mol. The molecule has 1 aliphatic carbocycles. The van der Waals surface area contributed by atoms with Crippen molar-refractivity contribution in [1.82, 2.24) is 29.7 Å². The van der Waals surface area contributed by atoms with Crippen molar-refractivity contribution >= 4 is 11.9 Å². The molecule has 2 aromatic rings. The monoisotopic (exact) mass is 262 g/mol. The zero-order valence-corrected chi connectivity index (χ0v) is 10.4. The molecule has 1 saturated carbocycles. The van der Waals surface area contributed by atoms with Gasteiger partial charge in [0.05, 0.1) is 12.1 Å². The Kier molecular flexibility index (Phi) is 2.75. The molecule has 9 heteroatoms. The van der Waals surface area contributed by atoms with Crippen molar-refractivity contribution in [2.24, 2.45) is 0 Å². The van der Waals surface area contributed by atoms with Gasteiger partial charge in [0.2, 0.25) is 11.9 Å². The van der Waals surface area contributed by atoms with Gasteiger partial charge in [-0.2, -0.15) is 24.7 Å². The normalized spacial score (nSPS) is 16.1. The lowest BCUT2D eigenvalue weighted by Gasteiger charge is -2.15. The van der Waals surface area contributed by atoms with E-state index in [1.807, 2.05) is 0 Å². The van der Waals surface area contributed by atoms with E-state index < -0.39 is 0 Å². The van der Waals surface area contributed by atoms with Gasteiger partial charge in [-0.1, -0.05) is 0 Å². The topological polar surface area (TPSA) is 114 Å². The van der Waals surface area contributed by atoms with Crippen LogP contribution in [0.1, 0.15) is 12.8 Å². The summed E-state index contributed by atoms with van der Waals surface area (Å²) in [5.41, 5.74) is -0.286. The van der Waals surface area contributed by atoms with Gasteiger partial charge < -0.3 is 15.7 Å². The van der Waals surface area contributed by atoms with E-state index in [2.05, 4.69) is 35.7 Å². The van der Waals surface area contributed by atoms with E-state index >= 15 is 0 Å². The lowest BCUT2D eigenvalue weighted by Crippen LogP contribution is -2.27. The highest BCUT2D eigenvalue weighted by molar-refractivity contribution is 5.41. The molecular formula is C10H14N8O. The van der Waals surface area contributed by atoms with E-state index in [1.165, 1.54) is 17.3 Å². The summed E-state index contributed by atoms with van der Waals surface area (Å²) in [4.78, 5) is 16.5. The average Bonchev–Trinajstić information content (AvgIpc) is 3.00. The largest absolute Gasteiger partial charge is 0.394 e. The van der Waals surface area contributed by atoms with Crippen molar-refractivity contribution in [2.75, 3.05) is 24.3 Å². The summed E-state index contributed by atoms with van der Waals surface area (Å²) in [6.45, 7) is 0.0617. The summed E-state index contributed by atoms with van der Waals surface area (Å²) >= 11 is 0. The molecule has 1 aliphatic rings. The molecule has 0 unspecified atom stereocenters. The fourth-order valence-electron chi connectivity index (χ4n) is 1.66. The van der Waals surface area contributed by atoms with Gasteiger partial charge in [0.1, 0.15) is 12.7 Å². The molecule has 3 N–H and O–H groups in total. The summed E-state index contributed by atoms with van der Waals surface area (Å²) in [5.74, 6) is 1.21. The summed E-state index contributed by atoms with van der Waals surface area (Å²) < 4.78 is 1.45. The van der Waals surface area contributed by atoms with Gasteiger partial charge in [-0.05, 0) is 12.8 Å². The number of rotatable bonds is 5. The van der Waals surface area contributed by atoms with Crippen LogP contribution in [-0.4, -0.2) is 54.0 Å². The van der Waals surface area contributed by atoms with Gasteiger partial charge in [0, 0.05) is 7.05 Å². The molecule has 2 aromatic heterocycles. The molecule has 2 heterocycles. The molecule has 9 nitrogen and oxygen atoms in total. The number of aromatic nitrogens is 6. The maximum Gasteiger partial charge on any atom is 0.258 e. The van der Waals surface area contributed by atoms with Gasteiger partial charge in [-0.15, -0.1) is 0 Å². The molecule has 0 spiro atoms. The molecule has 19 heavy (non-hydrogen) atoms. The van der Waals surface area contributed by atoms with Crippen LogP contribution < -0.4 is 10.6 Å². The Bertz CT molecular complexity index is 565. The van der Waals surface area contributed by atoms with Crippen molar-refractivity contribution < 1.29 is 5.11 Å². The van der Waals surface area contributed by atoms with E-state index in [0.717, 1.165) is 12.8 Å². The van der Waals surface area contributed by atoms with Crippen LogP contribution in [0.25, 0.3) is 5.95 Å². The van der Waals surface area contributed by atoms with Gasteiger partial charge in [0.25, 0.3) is 5.95 Å². The summed E-state index contributed by atoms with van der Waals surface area (Å²) in [6.07, 6.45) is 4.73. The molecule has 0 saturated heterocycles. The minimum atomic E-state index is -0.286. The lowest BCUT2D eigenvalue weighted by atomic mass is 10.3. The molecule has 0 aliphatic heterocycles. The maximum absolute atomic E-state index is 9.32. The van der Waals surface area contributed by atoms with Crippen molar-refractivity contribution in [3.8, 4) is 5.95 Å². The lowest BCUT2D eigenvalue weighted by molar-refractivity contribution is 0.265.